The average molecular weight is 344 g/mol. The van der Waals surface area contributed by atoms with Crippen molar-refractivity contribution in [3.8, 4) is 5.69 Å². The lowest BCUT2D eigenvalue weighted by atomic mass is 10.2. The molecular weight excluding hydrogens is 329 g/mol. The van der Waals surface area contributed by atoms with E-state index < -0.39 is 11.7 Å². The lowest BCUT2D eigenvalue weighted by Gasteiger charge is -2.05. The highest BCUT2D eigenvalue weighted by atomic mass is 35.5. The van der Waals surface area contributed by atoms with Crippen molar-refractivity contribution in [3.63, 3.8) is 0 Å². The van der Waals surface area contributed by atoms with E-state index in [2.05, 4.69) is 10.4 Å². The Kier molecular flexibility index (Phi) is 4.62. The van der Waals surface area contributed by atoms with Crippen LogP contribution in [0.15, 0.2) is 54.6 Å². The van der Waals surface area contributed by atoms with Crippen molar-refractivity contribution in [2.75, 3.05) is 5.32 Å². The summed E-state index contributed by atoms with van der Waals surface area (Å²) in [5.41, 5.74) is 1.74. The monoisotopic (exact) mass is 343 g/mol. The second-order valence-electron chi connectivity index (χ2n) is 5.20. The van der Waals surface area contributed by atoms with E-state index in [1.807, 2.05) is 19.1 Å². The molecule has 4 nitrogen and oxygen atoms in total. The summed E-state index contributed by atoms with van der Waals surface area (Å²) in [6, 6.07) is 14.8. The molecule has 24 heavy (non-hydrogen) atoms. The van der Waals surface area contributed by atoms with Crippen LogP contribution >= 0.6 is 11.6 Å². The molecule has 0 saturated heterocycles. The van der Waals surface area contributed by atoms with Crippen molar-refractivity contribution < 1.29 is 9.18 Å². The predicted octanol–water partition coefficient (Wildman–Crippen LogP) is 4.48. The van der Waals surface area contributed by atoms with E-state index in [1.165, 1.54) is 18.2 Å². The minimum Gasteiger partial charge on any atom is -0.305 e. The highest BCUT2D eigenvalue weighted by Crippen LogP contribution is 2.19. The predicted molar refractivity (Wildman–Crippen MR) is 92.3 cm³/mol. The molecule has 2 aromatic carbocycles. The molecule has 6 heteroatoms. The molecule has 1 amide bonds. The van der Waals surface area contributed by atoms with Crippen molar-refractivity contribution in [2.45, 2.75) is 13.3 Å². The minimum absolute atomic E-state index is 0.0170. The zero-order valence-corrected chi connectivity index (χ0v) is 13.7. The first-order valence-corrected chi connectivity index (χ1v) is 7.87. The van der Waals surface area contributed by atoms with Gasteiger partial charge in [0, 0.05) is 16.8 Å². The maximum Gasteiger partial charge on any atom is 0.259 e. The van der Waals surface area contributed by atoms with Crippen LogP contribution in [0.4, 0.5) is 10.2 Å². The van der Waals surface area contributed by atoms with Gasteiger partial charge < -0.3 is 5.32 Å². The standard InChI is InChI=1S/C18H15ClFN3O/c1-2-13-11-17(21-18(24)15-5-3-4-6-16(15)20)22-23(13)14-9-7-12(19)8-10-14/h3-11H,2H2,1H3,(H,21,22,24). The van der Waals surface area contributed by atoms with E-state index in [-0.39, 0.29) is 5.56 Å². The van der Waals surface area contributed by atoms with Crippen molar-refractivity contribution in [3.05, 3.63) is 76.7 Å². The van der Waals surface area contributed by atoms with Crippen molar-refractivity contribution in [1.29, 1.82) is 0 Å². The number of nitrogens with one attached hydrogen (secondary N) is 1. The number of halogens is 2. The van der Waals surface area contributed by atoms with Crippen LogP contribution in [0.2, 0.25) is 5.02 Å². The number of amides is 1. The van der Waals surface area contributed by atoms with E-state index in [1.54, 1.807) is 28.9 Å². The smallest absolute Gasteiger partial charge is 0.259 e. The third-order valence-electron chi connectivity index (χ3n) is 3.58. The second-order valence-corrected chi connectivity index (χ2v) is 5.63. The van der Waals surface area contributed by atoms with Crippen LogP contribution in [0.25, 0.3) is 5.69 Å². The largest absolute Gasteiger partial charge is 0.305 e. The number of rotatable bonds is 4. The number of hydrogen-bond acceptors (Lipinski definition) is 2. The molecule has 0 fully saturated rings. The molecule has 1 aromatic heterocycles. The van der Waals surface area contributed by atoms with Crippen LogP contribution in [0.1, 0.15) is 23.0 Å². The molecular formula is C18H15ClFN3O. The van der Waals surface area contributed by atoms with Gasteiger partial charge in [0.25, 0.3) is 5.91 Å². The first-order valence-electron chi connectivity index (χ1n) is 7.49. The zero-order chi connectivity index (χ0) is 17.1. The minimum atomic E-state index is -0.567. The Balaban J connectivity index is 1.89. The molecule has 0 bridgehead atoms. The number of aromatic nitrogens is 2. The van der Waals surface area contributed by atoms with E-state index >= 15 is 0 Å². The average Bonchev–Trinajstić information content (AvgIpc) is 2.98. The molecule has 0 aliphatic rings. The van der Waals surface area contributed by atoms with E-state index in [0.29, 0.717) is 10.8 Å². The molecule has 0 aliphatic carbocycles. The van der Waals surface area contributed by atoms with Crippen molar-refractivity contribution in [1.82, 2.24) is 9.78 Å². The molecule has 0 aliphatic heterocycles. The van der Waals surface area contributed by atoms with Gasteiger partial charge in [0.1, 0.15) is 5.82 Å². The summed E-state index contributed by atoms with van der Waals surface area (Å²) in [5.74, 6) is -0.727. The summed E-state index contributed by atoms with van der Waals surface area (Å²) in [6.45, 7) is 1.99. The first-order chi connectivity index (χ1) is 11.6. The number of benzene rings is 2. The van der Waals surface area contributed by atoms with Gasteiger partial charge >= 0.3 is 0 Å². The van der Waals surface area contributed by atoms with Gasteiger partial charge in [-0.1, -0.05) is 30.7 Å². The molecule has 0 unspecified atom stereocenters. The maximum absolute atomic E-state index is 13.7. The molecule has 0 radical (unpaired) electrons. The highest BCUT2D eigenvalue weighted by molar-refractivity contribution is 6.30. The summed E-state index contributed by atoms with van der Waals surface area (Å²) in [5, 5.41) is 7.67. The van der Waals surface area contributed by atoms with Crippen LogP contribution < -0.4 is 5.32 Å². The highest BCUT2D eigenvalue weighted by Gasteiger charge is 2.14. The fraction of sp³-hybridized carbons (Fsp3) is 0.111. The Morgan fingerprint density at radius 1 is 1.21 bits per heavy atom. The zero-order valence-electron chi connectivity index (χ0n) is 13.0. The quantitative estimate of drug-likeness (QED) is 0.759. The third-order valence-corrected chi connectivity index (χ3v) is 3.83. The SMILES string of the molecule is CCc1cc(NC(=O)c2ccccc2F)nn1-c1ccc(Cl)cc1. The summed E-state index contributed by atoms with van der Waals surface area (Å²) in [6.07, 6.45) is 0.727. The molecule has 3 aromatic rings. The lowest BCUT2D eigenvalue weighted by Crippen LogP contribution is -2.14. The topological polar surface area (TPSA) is 46.9 Å². The Morgan fingerprint density at radius 3 is 2.58 bits per heavy atom. The first kappa shape index (κ1) is 16.2. The van der Waals surface area contributed by atoms with E-state index in [0.717, 1.165) is 17.8 Å². The Bertz CT molecular complexity index is 874. The van der Waals surface area contributed by atoms with Gasteiger partial charge in [-0.3, -0.25) is 4.79 Å². The Labute approximate surface area is 143 Å². The van der Waals surface area contributed by atoms with Crippen LogP contribution in [0.3, 0.4) is 0 Å². The van der Waals surface area contributed by atoms with Crippen LogP contribution in [0.5, 0.6) is 0 Å². The van der Waals surface area contributed by atoms with Gasteiger partial charge in [-0.15, -0.1) is 5.10 Å². The van der Waals surface area contributed by atoms with E-state index in [9.17, 15) is 9.18 Å². The molecule has 1 heterocycles. The van der Waals surface area contributed by atoms with E-state index in [4.69, 9.17) is 11.6 Å². The third kappa shape index (κ3) is 3.31. The van der Waals surface area contributed by atoms with Crippen molar-refractivity contribution in [2.24, 2.45) is 0 Å². The number of nitrogens with zero attached hydrogens (tertiary/aromatic N) is 2. The van der Waals surface area contributed by atoms with Gasteiger partial charge in [-0.05, 0) is 42.8 Å². The molecule has 122 valence electrons. The summed E-state index contributed by atoms with van der Waals surface area (Å²) in [4.78, 5) is 12.2. The maximum atomic E-state index is 13.7. The number of anilines is 1. The summed E-state index contributed by atoms with van der Waals surface area (Å²) < 4.78 is 15.4. The molecule has 3 rings (SSSR count). The summed E-state index contributed by atoms with van der Waals surface area (Å²) >= 11 is 5.91. The van der Waals surface area contributed by atoms with Gasteiger partial charge in [-0.25, -0.2) is 9.07 Å². The number of aryl methyl sites for hydroxylation is 1. The number of carbonyl (C=O) groups excluding carboxylic acids is 1. The van der Waals surface area contributed by atoms with Gasteiger partial charge in [0.05, 0.1) is 11.3 Å². The molecule has 0 atom stereocenters. The summed E-state index contributed by atoms with van der Waals surface area (Å²) in [7, 11) is 0. The van der Waals surface area contributed by atoms with Gasteiger partial charge in [0.2, 0.25) is 0 Å². The van der Waals surface area contributed by atoms with Crippen LogP contribution in [-0.2, 0) is 6.42 Å². The molecule has 1 N–H and O–H groups in total. The lowest BCUT2D eigenvalue weighted by molar-refractivity contribution is 0.102. The second kappa shape index (κ2) is 6.84. The number of hydrogen-bond donors (Lipinski definition) is 1. The van der Waals surface area contributed by atoms with Gasteiger partial charge in [-0.2, -0.15) is 0 Å². The number of carbonyl (C=O) groups is 1. The van der Waals surface area contributed by atoms with Gasteiger partial charge in [0.15, 0.2) is 5.82 Å². The Morgan fingerprint density at radius 2 is 1.92 bits per heavy atom. The Hall–Kier alpha value is -2.66. The van der Waals surface area contributed by atoms with Crippen molar-refractivity contribution >= 4 is 23.3 Å². The van der Waals surface area contributed by atoms with Crippen LogP contribution in [0, 0.1) is 5.82 Å². The molecule has 0 saturated carbocycles. The fourth-order valence-electron chi connectivity index (χ4n) is 2.37. The normalized spacial score (nSPS) is 10.6. The molecule has 0 spiro atoms. The van der Waals surface area contributed by atoms with Crippen LogP contribution in [-0.4, -0.2) is 15.7 Å². The fourth-order valence-corrected chi connectivity index (χ4v) is 2.49.